The second kappa shape index (κ2) is 6.01. The van der Waals surface area contributed by atoms with Crippen LogP contribution in [0.4, 0.5) is 10.1 Å². The lowest BCUT2D eigenvalue weighted by atomic mass is 10.1. The highest BCUT2D eigenvalue weighted by Gasteiger charge is 2.11. The van der Waals surface area contributed by atoms with E-state index in [0.717, 1.165) is 5.56 Å². The van der Waals surface area contributed by atoms with Crippen LogP contribution in [0.5, 0.6) is 0 Å². The molecular weight excluding hydrogens is 315 g/mol. The maximum atomic E-state index is 13.6. The van der Waals surface area contributed by atoms with Gasteiger partial charge in [0.25, 0.3) is 0 Å². The quantitative estimate of drug-likeness (QED) is 0.904. The van der Waals surface area contributed by atoms with Crippen molar-refractivity contribution in [1.82, 2.24) is 0 Å². The fourth-order valence-corrected chi connectivity index (χ4v) is 2.56. The smallest absolute Gasteiger partial charge is 0.238 e. The number of nitrogens with one attached hydrogen (secondary N) is 1. The molecule has 1 unspecified atom stereocenters. The van der Waals surface area contributed by atoms with E-state index in [1.807, 2.05) is 6.92 Å². The van der Waals surface area contributed by atoms with Crippen LogP contribution in [0.1, 0.15) is 18.5 Å². The molecule has 0 radical (unpaired) electrons. The summed E-state index contributed by atoms with van der Waals surface area (Å²) < 4.78 is 36.0. The molecule has 21 heavy (non-hydrogen) atoms. The van der Waals surface area contributed by atoms with Gasteiger partial charge in [-0.25, -0.2) is 17.9 Å². The standard InChI is InChI=1S/C14H14ClFN2O2S/c1-9(18-14-8-11(15)4-7-13(14)16)10-2-5-12(6-3-10)21(17,19)20/h2-9,18H,1H3,(H2,17,19,20). The van der Waals surface area contributed by atoms with Crippen LogP contribution >= 0.6 is 11.6 Å². The summed E-state index contributed by atoms with van der Waals surface area (Å²) in [6, 6.07) is 10.1. The summed E-state index contributed by atoms with van der Waals surface area (Å²) in [5.74, 6) is -0.410. The van der Waals surface area contributed by atoms with Gasteiger partial charge >= 0.3 is 0 Å². The summed E-state index contributed by atoms with van der Waals surface area (Å²) in [6.45, 7) is 1.83. The number of anilines is 1. The summed E-state index contributed by atoms with van der Waals surface area (Å²) in [5.41, 5.74) is 1.08. The van der Waals surface area contributed by atoms with Gasteiger partial charge in [0.2, 0.25) is 10.0 Å². The van der Waals surface area contributed by atoms with Crippen LogP contribution in [0.15, 0.2) is 47.4 Å². The molecule has 7 heteroatoms. The van der Waals surface area contributed by atoms with E-state index in [9.17, 15) is 12.8 Å². The molecule has 1 atom stereocenters. The summed E-state index contributed by atoms with van der Waals surface area (Å²) in [6.07, 6.45) is 0. The average Bonchev–Trinajstić information content (AvgIpc) is 2.42. The van der Waals surface area contributed by atoms with Crippen molar-refractivity contribution in [3.8, 4) is 0 Å². The second-order valence-corrected chi connectivity index (χ2v) is 6.60. The molecule has 0 amide bonds. The monoisotopic (exact) mass is 328 g/mol. The molecule has 2 aromatic rings. The first-order chi connectivity index (χ1) is 9.77. The Morgan fingerprint density at radius 2 is 1.81 bits per heavy atom. The number of nitrogens with two attached hydrogens (primary N) is 1. The van der Waals surface area contributed by atoms with Crippen molar-refractivity contribution >= 4 is 27.3 Å². The molecule has 0 aliphatic rings. The lowest BCUT2D eigenvalue weighted by Crippen LogP contribution is -2.13. The van der Waals surface area contributed by atoms with Crippen molar-refractivity contribution in [2.45, 2.75) is 17.9 Å². The Hall–Kier alpha value is -1.63. The molecule has 112 valence electrons. The summed E-state index contributed by atoms with van der Waals surface area (Å²) >= 11 is 5.83. The van der Waals surface area contributed by atoms with E-state index in [0.29, 0.717) is 5.02 Å². The molecule has 0 aliphatic carbocycles. The van der Waals surface area contributed by atoms with Crippen LogP contribution in [-0.2, 0) is 10.0 Å². The summed E-state index contributed by atoms with van der Waals surface area (Å²) in [7, 11) is -3.71. The Balaban J connectivity index is 2.20. The van der Waals surface area contributed by atoms with Gasteiger partial charge in [0.15, 0.2) is 0 Å². The Kier molecular flexibility index (Phi) is 4.51. The molecule has 0 fully saturated rings. The SMILES string of the molecule is CC(Nc1cc(Cl)ccc1F)c1ccc(S(N)(=O)=O)cc1. The van der Waals surface area contributed by atoms with Crippen LogP contribution in [0.25, 0.3) is 0 Å². The molecule has 3 N–H and O–H groups in total. The van der Waals surface area contributed by atoms with Gasteiger partial charge in [0, 0.05) is 11.1 Å². The number of hydrogen-bond donors (Lipinski definition) is 2. The highest BCUT2D eigenvalue weighted by Crippen LogP contribution is 2.25. The number of benzene rings is 2. The van der Waals surface area contributed by atoms with E-state index in [2.05, 4.69) is 5.32 Å². The van der Waals surface area contributed by atoms with Gasteiger partial charge < -0.3 is 5.32 Å². The minimum atomic E-state index is -3.71. The van der Waals surface area contributed by atoms with E-state index in [-0.39, 0.29) is 16.6 Å². The third kappa shape index (κ3) is 3.93. The van der Waals surface area contributed by atoms with Gasteiger partial charge in [0.1, 0.15) is 5.82 Å². The molecule has 0 aliphatic heterocycles. The van der Waals surface area contributed by atoms with Crippen LogP contribution < -0.4 is 10.5 Å². The first kappa shape index (κ1) is 15.8. The molecule has 4 nitrogen and oxygen atoms in total. The maximum Gasteiger partial charge on any atom is 0.238 e. The molecule has 0 spiro atoms. The number of sulfonamides is 1. The third-order valence-electron chi connectivity index (χ3n) is 3.01. The van der Waals surface area contributed by atoms with E-state index < -0.39 is 15.8 Å². The molecular formula is C14H14ClFN2O2S. The molecule has 0 saturated carbocycles. The van der Waals surface area contributed by atoms with Crippen molar-refractivity contribution in [2.75, 3.05) is 5.32 Å². The van der Waals surface area contributed by atoms with E-state index in [1.165, 1.54) is 30.3 Å². The van der Waals surface area contributed by atoms with Gasteiger partial charge in [-0.15, -0.1) is 0 Å². The predicted octanol–water partition coefficient (Wildman–Crippen LogP) is 3.30. The van der Waals surface area contributed by atoms with Crippen LogP contribution in [0.3, 0.4) is 0 Å². The molecule has 0 heterocycles. The molecule has 2 aromatic carbocycles. The largest absolute Gasteiger partial charge is 0.376 e. The summed E-state index contributed by atoms with van der Waals surface area (Å²) in [4.78, 5) is 0.0346. The first-order valence-corrected chi connectivity index (χ1v) is 8.04. The van der Waals surface area contributed by atoms with Gasteiger partial charge in [-0.2, -0.15) is 0 Å². The molecule has 0 saturated heterocycles. The highest BCUT2D eigenvalue weighted by molar-refractivity contribution is 7.89. The van der Waals surface area contributed by atoms with Gasteiger partial charge in [-0.1, -0.05) is 23.7 Å². The Labute approximate surface area is 127 Å². The fourth-order valence-electron chi connectivity index (χ4n) is 1.87. The van der Waals surface area contributed by atoms with Gasteiger partial charge in [-0.05, 0) is 42.8 Å². The van der Waals surface area contributed by atoms with Crippen molar-refractivity contribution in [3.05, 3.63) is 58.9 Å². The lowest BCUT2D eigenvalue weighted by Gasteiger charge is -2.16. The summed E-state index contributed by atoms with van der Waals surface area (Å²) in [5, 5.41) is 8.45. The van der Waals surface area contributed by atoms with Crippen molar-refractivity contribution < 1.29 is 12.8 Å². The van der Waals surface area contributed by atoms with Gasteiger partial charge in [-0.3, -0.25) is 0 Å². The zero-order chi connectivity index (χ0) is 15.6. The minimum Gasteiger partial charge on any atom is -0.376 e. The van der Waals surface area contributed by atoms with Crippen LogP contribution in [-0.4, -0.2) is 8.42 Å². The number of hydrogen-bond acceptors (Lipinski definition) is 3. The van der Waals surface area contributed by atoms with Crippen molar-refractivity contribution in [1.29, 1.82) is 0 Å². The number of halogens is 2. The minimum absolute atomic E-state index is 0.0346. The Morgan fingerprint density at radius 1 is 1.19 bits per heavy atom. The van der Waals surface area contributed by atoms with E-state index in [4.69, 9.17) is 16.7 Å². The Morgan fingerprint density at radius 3 is 2.38 bits per heavy atom. The van der Waals surface area contributed by atoms with Crippen LogP contribution in [0, 0.1) is 5.82 Å². The average molecular weight is 329 g/mol. The second-order valence-electron chi connectivity index (χ2n) is 4.60. The zero-order valence-electron chi connectivity index (χ0n) is 11.2. The molecule has 0 aromatic heterocycles. The number of rotatable bonds is 4. The van der Waals surface area contributed by atoms with Crippen LogP contribution in [0.2, 0.25) is 5.02 Å². The van der Waals surface area contributed by atoms with E-state index >= 15 is 0 Å². The first-order valence-electron chi connectivity index (χ1n) is 6.12. The lowest BCUT2D eigenvalue weighted by molar-refractivity contribution is 0.597. The van der Waals surface area contributed by atoms with E-state index in [1.54, 1.807) is 12.1 Å². The fraction of sp³-hybridized carbons (Fsp3) is 0.143. The topological polar surface area (TPSA) is 72.2 Å². The number of primary sulfonamides is 1. The normalized spacial score (nSPS) is 13.0. The third-order valence-corrected chi connectivity index (χ3v) is 4.17. The van der Waals surface area contributed by atoms with Gasteiger partial charge in [0.05, 0.1) is 10.6 Å². The van der Waals surface area contributed by atoms with Crippen molar-refractivity contribution in [3.63, 3.8) is 0 Å². The Bertz CT molecular complexity index is 748. The van der Waals surface area contributed by atoms with Crippen molar-refractivity contribution in [2.24, 2.45) is 5.14 Å². The molecule has 2 rings (SSSR count). The predicted molar refractivity (Wildman–Crippen MR) is 81.3 cm³/mol. The molecule has 0 bridgehead atoms. The zero-order valence-corrected chi connectivity index (χ0v) is 12.7. The highest BCUT2D eigenvalue weighted by atomic mass is 35.5. The maximum absolute atomic E-state index is 13.6.